The Hall–Kier alpha value is -2.14. The predicted molar refractivity (Wildman–Crippen MR) is 99.3 cm³/mol. The minimum absolute atomic E-state index is 0.221. The number of aromatic nitrogens is 1. The van der Waals surface area contributed by atoms with E-state index in [1.807, 2.05) is 36.5 Å². The molecular weight excluding hydrogens is 312 g/mol. The van der Waals surface area contributed by atoms with Gasteiger partial charge in [0.05, 0.1) is 19.3 Å². The molecule has 2 unspecified atom stereocenters. The van der Waals surface area contributed by atoms with Crippen LogP contribution in [0.5, 0.6) is 0 Å². The maximum Gasteiger partial charge on any atom is 0.0805 e. The zero-order valence-corrected chi connectivity index (χ0v) is 14.3. The van der Waals surface area contributed by atoms with E-state index in [0.29, 0.717) is 13.0 Å². The van der Waals surface area contributed by atoms with Crippen LogP contribution < -0.4 is 0 Å². The van der Waals surface area contributed by atoms with Crippen molar-refractivity contribution in [2.75, 3.05) is 19.8 Å². The van der Waals surface area contributed by atoms with Crippen LogP contribution in [0.3, 0.4) is 0 Å². The second-order valence-corrected chi connectivity index (χ2v) is 6.72. The fourth-order valence-corrected chi connectivity index (χ4v) is 3.69. The number of benzene rings is 2. The molecule has 0 saturated carbocycles. The summed E-state index contributed by atoms with van der Waals surface area (Å²) in [6, 6.07) is 18.6. The van der Waals surface area contributed by atoms with Gasteiger partial charge in [-0.2, -0.15) is 0 Å². The summed E-state index contributed by atoms with van der Waals surface area (Å²) in [6.07, 6.45) is 2.22. The molecule has 4 heteroatoms. The van der Waals surface area contributed by atoms with Crippen LogP contribution in [0, 0.1) is 0 Å². The number of aromatic amines is 1. The van der Waals surface area contributed by atoms with E-state index in [0.717, 1.165) is 25.3 Å². The maximum absolute atomic E-state index is 10.6. The normalized spacial score (nSPS) is 20.0. The van der Waals surface area contributed by atoms with Crippen molar-refractivity contribution in [1.29, 1.82) is 0 Å². The smallest absolute Gasteiger partial charge is 0.0805 e. The maximum atomic E-state index is 10.6. The number of fused-ring (bicyclic) bond motifs is 1. The molecule has 1 saturated heterocycles. The Morgan fingerprint density at radius 3 is 2.88 bits per heavy atom. The first-order valence-corrected chi connectivity index (χ1v) is 8.91. The monoisotopic (exact) mass is 336 g/mol. The molecule has 1 aliphatic heterocycles. The summed E-state index contributed by atoms with van der Waals surface area (Å²) in [6.45, 7) is 3.20. The molecule has 2 heterocycles. The van der Waals surface area contributed by atoms with Gasteiger partial charge in [-0.3, -0.25) is 4.90 Å². The number of morpholine rings is 1. The van der Waals surface area contributed by atoms with Gasteiger partial charge in [0.2, 0.25) is 0 Å². The van der Waals surface area contributed by atoms with Gasteiger partial charge in [0.25, 0.3) is 0 Å². The summed E-state index contributed by atoms with van der Waals surface area (Å²) in [5.74, 6) is 0. The van der Waals surface area contributed by atoms with Crippen LogP contribution in [-0.4, -0.2) is 40.8 Å². The quantitative estimate of drug-likeness (QED) is 0.750. The fourth-order valence-electron chi connectivity index (χ4n) is 3.69. The van der Waals surface area contributed by atoms with E-state index < -0.39 is 6.10 Å². The molecule has 25 heavy (non-hydrogen) atoms. The van der Waals surface area contributed by atoms with Gasteiger partial charge in [-0.1, -0.05) is 42.5 Å². The van der Waals surface area contributed by atoms with E-state index in [4.69, 9.17) is 4.74 Å². The average Bonchev–Trinajstić information content (AvgIpc) is 3.14. The van der Waals surface area contributed by atoms with Gasteiger partial charge < -0.3 is 14.8 Å². The highest BCUT2D eigenvalue weighted by atomic mass is 16.5. The van der Waals surface area contributed by atoms with Crippen molar-refractivity contribution in [1.82, 2.24) is 9.88 Å². The molecule has 0 radical (unpaired) electrons. The van der Waals surface area contributed by atoms with Crippen LogP contribution >= 0.6 is 0 Å². The molecule has 2 atom stereocenters. The highest BCUT2D eigenvalue weighted by Crippen LogP contribution is 2.25. The first-order chi connectivity index (χ1) is 12.3. The number of aliphatic hydroxyl groups is 1. The van der Waals surface area contributed by atoms with Gasteiger partial charge in [0, 0.05) is 36.2 Å². The topological polar surface area (TPSA) is 48.5 Å². The molecule has 0 spiro atoms. The largest absolute Gasteiger partial charge is 0.388 e. The lowest BCUT2D eigenvalue weighted by Gasteiger charge is -2.36. The Bertz CT molecular complexity index is 815. The SMILES string of the molecule is OC(CC1COCCN1Cc1cccc2[nH]ccc12)c1ccccc1. The highest BCUT2D eigenvalue weighted by Gasteiger charge is 2.26. The number of nitrogens with zero attached hydrogens (tertiary/aromatic N) is 1. The number of ether oxygens (including phenoxy) is 1. The van der Waals surface area contributed by atoms with Crippen molar-refractivity contribution in [3.8, 4) is 0 Å². The molecule has 130 valence electrons. The molecule has 0 bridgehead atoms. The van der Waals surface area contributed by atoms with E-state index in [-0.39, 0.29) is 6.04 Å². The van der Waals surface area contributed by atoms with Crippen LogP contribution in [0.4, 0.5) is 0 Å². The number of H-pyrrole nitrogens is 1. The van der Waals surface area contributed by atoms with E-state index in [1.54, 1.807) is 0 Å². The van der Waals surface area contributed by atoms with Crippen molar-refractivity contribution >= 4 is 10.9 Å². The second kappa shape index (κ2) is 7.40. The summed E-state index contributed by atoms with van der Waals surface area (Å²) in [5.41, 5.74) is 3.47. The zero-order valence-electron chi connectivity index (χ0n) is 14.3. The van der Waals surface area contributed by atoms with Crippen molar-refractivity contribution in [2.45, 2.75) is 25.1 Å². The second-order valence-electron chi connectivity index (χ2n) is 6.72. The highest BCUT2D eigenvalue weighted by molar-refractivity contribution is 5.82. The predicted octanol–water partition coefficient (Wildman–Crippen LogP) is 3.49. The molecule has 1 aromatic heterocycles. The first kappa shape index (κ1) is 16.3. The molecule has 3 aromatic rings. The molecule has 0 amide bonds. The van der Waals surface area contributed by atoms with Crippen molar-refractivity contribution < 1.29 is 9.84 Å². The first-order valence-electron chi connectivity index (χ1n) is 8.91. The number of aliphatic hydroxyl groups excluding tert-OH is 1. The molecule has 0 aliphatic carbocycles. The van der Waals surface area contributed by atoms with Gasteiger partial charge in [-0.25, -0.2) is 0 Å². The average molecular weight is 336 g/mol. The van der Waals surface area contributed by atoms with Gasteiger partial charge in [0.1, 0.15) is 0 Å². The number of rotatable bonds is 5. The lowest BCUT2D eigenvalue weighted by molar-refractivity contribution is -0.0298. The van der Waals surface area contributed by atoms with Gasteiger partial charge in [-0.15, -0.1) is 0 Å². The Morgan fingerprint density at radius 2 is 2.00 bits per heavy atom. The molecule has 4 nitrogen and oxygen atoms in total. The van der Waals surface area contributed by atoms with Crippen LogP contribution in [0.25, 0.3) is 10.9 Å². The minimum atomic E-state index is -0.460. The van der Waals surface area contributed by atoms with E-state index >= 15 is 0 Å². The molecular formula is C21H24N2O2. The fraction of sp³-hybridized carbons (Fsp3) is 0.333. The Labute approximate surface area is 148 Å². The Morgan fingerprint density at radius 1 is 1.12 bits per heavy atom. The lowest BCUT2D eigenvalue weighted by Crippen LogP contribution is -2.45. The van der Waals surface area contributed by atoms with Crippen LogP contribution in [-0.2, 0) is 11.3 Å². The number of hydrogen-bond acceptors (Lipinski definition) is 3. The van der Waals surface area contributed by atoms with Crippen LogP contribution in [0.15, 0.2) is 60.8 Å². The standard InChI is InChI=1S/C21H24N2O2/c24-21(16-5-2-1-3-6-16)13-18-15-25-12-11-23(18)14-17-7-4-8-20-19(17)9-10-22-20/h1-10,18,21-22,24H,11-15H2. The summed E-state index contributed by atoms with van der Waals surface area (Å²) >= 11 is 0. The summed E-state index contributed by atoms with van der Waals surface area (Å²) < 4.78 is 5.70. The number of nitrogens with one attached hydrogen (secondary N) is 1. The van der Waals surface area contributed by atoms with Crippen LogP contribution in [0.1, 0.15) is 23.7 Å². The van der Waals surface area contributed by atoms with Gasteiger partial charge >= 0.3 is 0 Å². The lowest BCUT2D eigenvalue weighted by atomic mass is 10.00. The molecule has 1 aliphatic rings. The third-order valence-corrected chi connectivity index (χ3v) is 5.09. The summed E-state index contributed by atoms with van der Waals surface area (Å²) in [5, 5.41) is 11.9. The minimum Gasteiger partial charge on any atom is -0.388 e. The van der Waals surface area contributed by atoms with E-state index in [1.165, 1.54) is 16.5 Å². The number of hydrogen-bond donors (Lipinski definition) is 2. The van der Waals surface area contributed by atoms with Crippen LogP contribution in [0.2, 0.25) is 0 Å². The zero-order chi connectivity index (χ0) is 17.1. The Kier molecular flexibility index (Phi) is 4.83. The Balaban J connectivity index is 1.50. The van der Waals surface area contributed by atoms with Crippen molar-refractivity contribution in [3.05, 3.63) is 71.9 Å². The van der Waals surface area contributed by atoms with Crippen molar-refractivity contribution in [3.63, 3.8) is 0 Å². The molecule has 4 rings (SSSR count). The van der Waals surface area contributed by atoms with Gasteiger partial charge in [-0.05, 0) is 29.7 Å². The van der Waals surface area contributed by atoms with E-state index in [2.05, 4.69) is 34.1 Å². The molecule has 2 aromatic carbocycles. The summed E-state index contributed by atoms with van der Waals surface area (Å²) in [4.78, 5) is 5.72. The van der Waals surface area contributed by atoms with Gasteiger partial charge in [0.15, 0.2) is 0 Å². The van der Waals surface area contributed by atoms with Crippen molar-refractivity contribution in [2.24, 2.45) is 0 Å². The molecule has 1 fully saturated rings. The molecule has 2 N–H and O–H groups in total. The third-order valence-electron chi connectivity index (χ3n) is 5.09. The third kappa shape index (κ3) is 3.61. The van der Waals surface area contributed by atoms with E-state index in [9.17, 15) is 5.11 Å². The summed E-state index contributed by atoms with van der Waals surface area (Å²) in [7, 11) is 0.